The van der Waals surface area contributed by atoms with Crippen LogP contribution in [0.2, 0.25) is 0 Å². The van der Waals surface area contributed by atoms with Gasteiger partial charge in [-0.2, -0.15) is 0 Å². The first kappa shape index (κ1) is 23.1. The monoisotopic (exact) mass is 430 g/mol. The fraction of sp³-hybridized carbons (Fsp3) is 0.611. The van der Waals surface area contributed by atoms with Crippen molar-refractivity contribution in [2.45, 2.75) is 43.2 Å². The molecule has 1 heterocycles. The summed E-state index contributed by atoms with van der Waals surface area (Å²) >= 11 is 1.71. The number of amides is 1. The second-order valence-electron chi connectivity index (χ2n) is 6.92. The van der Waals surface area contributed by atoms with Crippen molar-refractivity contribution >= 4 is 27.7 Å². The van der Waals surface area contributed by atoms with Crippen LogP contribution in [0.1, 0.15) is 24.8 Å². The molecule has 1 aliphatic rings. The second-order valence-corrected chi connectivity index (χ2v) is 9.86. The quantitative estimate of drug-likeness (QED) is 0.357. The van der Waals surface area contributed by atoms with Gasteiger partial charge in [-0.3, -0.25) is 4.79 Å². The van der Waals surface area contributed by atoms with Crippen LogP contribution in [0.25, 0.3) is 0 Å². The van der Waals surface area contributed by atoms with Crippen molar-refractivity contribution in [3.05, 3.63) is 35.9 Å². The molecule has 158 valence electrons. The number of hydrogen-bond acceptors (Lipinski definition) is 7. The minimum absolute atomic E-state index is 0.0483. The zero-order valence-electron chi connectivity index (χ0n) is 15.9. The lowest BCUT2D eigenvalue weighted by Crippen LogP contribution is -2.47. The highest BCUT2D eigenvalue weighted by Gasteiger charge is 2.29. The van der Waals surface area contributed by atoms with E-state index in [1.165, 1.54) is 0 Å². The number of sulfonamides is 1. The number of nitrogens with zero attached hydrogens (tertiary/aromatic N) is 1. The van der Waals surface area contributed by atoms with Gasteiger partial charge in [0.25, 0.3) is 0 Å². The van der Waals surface area contributed by atoms with Gasteiger partial charge in [0.2, 0.25) is 15.9 Å². The molecule has 6 N–H and O–H groups in total. The summed E-state index contributed by atoms with van der Waals surface area (Å²) in [6.07, 6.45) is 1.89. The molecule has 1 saturated heterocycles. The number of unbranched alkanes of at least 4 members (excludes halogenated alkanes) is 1. The normalized spacial score (nSPS) is 18.0. The van der Waals surface area contributed by atoms with Crippen LogP contribution in [0.3, 0.4) is 0 Å². The van der Waals surface area contributed by atoms with Gasteiger partial charge in [0.1, 0.15) is 0 Å². The van der Waals surface area contributed by atoms with Gasteiger partial charge < -0.3 is 21.5 Å². The fourth-order valence-corrected chi connectivity index (χ4v) is 5.06. The third-order valence-corrected chi connectivity index (χ3v) is 7.18. The first-order valence-electron chi connectivity index (χ1n) is 9.39. The molecular weight excluding hydrogens is 400 g/mol. The Balaban J connectivity index is 1.68. The summed E-state index contributed by atoms with van der Waals surface area (Å²) in [5, 5.41) is 10.1. The van der Waals surface area contributed by atoms with E-state index in [-0.39, 0.29) is 18.9 Å². The van der Waals surface area contributed by atoms with Gasteiger partial charge in [0, 0.05) is 18.8 Å². The summed E-state index contributed by atoms with van der Waals surface area (Å²) in [5.41, 5.74) is 11.0. The van der Waals surface area contributed by atoms with E-state index in [1.54, 1.807) is 16.7 Å². The average Bonchev–Trinajstić information content (AvgIpc) is 3.21. The maximum Gasteiger partial charge on any atom is 0.240 e. The number of nitrogens with two attached hydrogens (primary N) is 2. The summed E-state index contributed by atoms with van der Waals surface area (Å²) in [6.45, 7) is 0.899. The number of carbonyl (C=O) groups is 1. The van der Waals surface area contributed by atoms with Crippen LogP contribution in [0.4, 0.5) is 0 Å². The lowest BCUT2D eigenvalue weighted by molar-refractivity contribution is -0.131. The van der Waals surface area contributed by atoms with Crippen molar-refractivity contribution in [1.29, 1.82) is 0 Å². The molecule has 0 aromatic heterocycles. The van der Waals surface area contributed by atoms with Gasteiger partial charge in [0.15, 0.2) is 5.44 Å². The van der Waals surface area contributed by atoms with Gasteiger partial charge >= 0.3 is 0 Å². The molecule has 1 aromatic carbocycles. The number of nitrogens with one attached hydrogen (secondary N) is 1. The summed E-state index contributed by atoms with van der Waals surface area (Å²) < 4.78 is 26.8. The second kappa shape index (κ2) is 11.1. The van der Waals surface area contributed by atoms with E-state index < -0.39 is 27.5 Å². The Hall–Kier alpha value is -1.17. The van der Waals surface area contributed by atoms with Crippen molar-refractivity contribution in [2.24, 2.45) is 11.5 Å². The predicted molar refractivity (Wildman–Crippen MR) is 112 cm³/mol. The fourth-order valence-electron chi connectivity index (χ4n) is 2.95. The molecule has 0 aliphatic carbocycles. The molecular formula is C18H30N4O4S2. The van der Waals surface area contributed by atoms with Crippen molar-refractivity contribution in [3.63, 3.8) is 0 Å². The molecule has 1 aromatic rings. The van der Waals surface area contributed by atoms with E-state index in [1.807, 2.05) is 30.3 Å². The maximum atomic E-state index is 12.2. The zero-order valence-corrected chi connectivity index (χ0v) is 17.5. The third-order valence-electron chi connectivity index (χ3n) is 4.63. The Morgan fingerprint density at radius 1 is 1.25 bits per heavy atom. The highest BCUT2D eigenvalue weighted by Crippen LogP contribution is 2.15. The van der Waals surface area contributed by atoms with Gasteiger partial charge in [0.05, 0.1) is 18.0 Å². The number of thioether (sulfide) groups is 1. The van der Waals surface area contributed by atoms with E-state index in [4.69, 9.17) is 11.5 Å². The maximum absolute atomic E-state index is 12.2. The predicted octanol–water partition coefficient (Wildman–Crippen LogP) is -0.175. The highest BCUT2D eigenvalue weighted by atomic mass is 32.2. The van der Waals surface area contributed by atoms with Gasteiger partial charge in [-0.1, -0.05) is 36.8 Å². The number of benzene rings is 1. The number of rotatable bonds is 11. The molecule has 0 radical (unpaired) electrons. The average molecular weight is 431 g/mol. The minimum atomic E-state index is -3.94. The Morgan fingerprint density at radius 3 is 2.61 bits per heavy atom. The summed E-state index contributed by atoms with van der Waals surface area (Å²) in [6, 6.07) is 7.70. The Morgan fingerprint density at radius 2 is 1.96 bits per heavy atom. The molecule has 0 saturated carbocycles. The van der Waals surface area contributed by atoms with Crippen molar-refractivity contribution in [3.8, 4) is 0 Å². The SMILES string of the molecule is NC(CCCCNS(=O)(=O)C(O)C(N)Cc1ccccc1)C(=O)N1CCSC1. The molecule has 8 nitrogen and oxygen atoms in total. The lowest BCUT2D eigenvalue weighted by atomic mass is 10.1. The smallest absolute Gasteiger partial charge is 0.240 e. The van der Waals surface area contributed by atoms with Crippen molar-refractivity contribution in [1.82, 2.24) is 9.62 Å². The Labute approximate surface area is 171 Å². The highest BCUT2D eigenvalue weighted by molar-refractivity contribution is 7.99. The van der Waals surface area contributed by atoms with Crippen LogP contribution in [0, 0.1) is 0 Å². The Kier molecular flexibility index (Phi) is 9.19. The lowest BCUT2D eigenvalue weighted by Gasteiger charge is -2.20. The van der Waals surface area contributed by atoms with Crippen LogP contribution in [-0.4, -0.2) is 66.6 Å². The molecule has 10 heteroatoms. The molecule has 28 heavy (non-hydrogen) atoms. The van der Waals surface area contributed by atoms with E-state index in [0.29, 0.717) is 25.1 Å². The van der Waals surface area contributed by atoms with Crippen LogP contribution >= 0.6 is 11.8 Å². The summed E-state index contributed by atoms with van der Waals surface area (Å²) in [7, 11) is -3.94. The molecule has 3 unspecified atom stereocenters. The molecule has 3 atom stereocenters. The zero-order chi connectivity index (χ0) is 20.6. The van der Waals surface area contributed by atoms with Crippen LogP contribution in [0.5, 0.6) is 0 Å². The van der Waals surface area contributed by atoms with Crippen molar-refractivity contribution < 1.29 is 18.3 Å². The first-order chi connectivity index (χ1) is 13.3. The van der Waals surface area contributed by atoms with Gasteiger partial charge in [-0.05, 0) is 24.8 Å². The Bertz CT molecular complexity index is 712. The molecule has 0 spiro atoms. The number of hydrogen-bond donors (Lipinski definition) is 4. The standard InChI is InChI=1S/C18H30N4O4S2/c19-15(17(23)22-10-11-27-13-22)8-4-5-9-21-28(25,26)18(24)16(20)12-14-6-2-1-3-7-14/h1-3,6-7,15-16,18,21,24H,4-5,8-13,19-20H2. The van der Waals surface area contributed by atoms with E-state index in [2.05, 4.69) is 4.72 Å². The summed E-state index contributed by atoms with van der Waals surface area (Å²) in [5.74, 6) is 1.58. The minimum Gasteiger partial charge on any atom is -0.375 e. The number of aliphatic hydroxyl groups excluding tert-OH is 1. The van der Waals surface area contributed by atoms with E-state index in [9.17, 15) is 18.3 Å². The largest absolute Gasteiger partial charge is 0.375 e. The van der Waals surface area contributed by atoms with E-state index in [0.717, 1.165) is 17.9 Å². The molecule has 1 aliphatic heterocycles. The van der Waals surface area contributed by atoms with Crippen LogP contribution < -0.4 is 16.2 Å². The summed E-state index contributed by atoms with van der Waals surface area (Å²) in [4.78, 5) is 13.9. The number of carbonyl (C=O) groups excluding carboxylic acids is 1. The van der Waals surface area contributed by atoms with Crippen LogP contribution in [0.15, 0.2) is 30.3 Å². The van der Waals surface area contributed by atoms with Crippen LogP contribution in [-0.2, 0) is 21.2 Å². The molecule has 1 fully saturated rings. The van der Waals surface area contributed by atoms with Gasteiger partial charge in [-0.15, -0.1) is 11.8 Å². The topological polar surface area (TPSA) is 139 Å². The first-order valence-corrected chi connectivity index (χ1v) is 12.1. The molecule has 1 amide bonds. The molecule has 0 bridgehead atoms. The van der Waals surface area contributed by atoms with Crippen molar-refractivity contribution in [2.75, 3.05) is 24.7 Å². The molecule has 2 rings (SSSR count). The van der Waals surface area contributed by atoms with E-state index >= 15 is 0 Å². The third kappa shape index (κ3) is 7.02. The van der Waals surface area contributed by atoms with Gasteiger partial charge in [-0.25, -0.2) is 13.1 Å². The number of aliphatic hydroxyl groups is 1.